The van der Waals surface area contributed by atoms with Crippen molar-refractivity contribution in [3.63, 3.8) is 0 Å². The molecule has 2 heterocycles. The number of hydrogen-bond donors (Lipinski definition) is 1. The average Bonchev–Trinajstić information content (AvgIpc) is 2.68. The lowest BCUT2D eigenvalue weighted by molar-refractivity contribution is 0.896. The second-order valence-corrected chi connectivity index (χ2v) is 4.97. The molecule has 0 saturated carbocycles. The van der Waals surface area contributed by atoms with Gasteiger partial charge in [0.05, 0.1) is 17.9 Å². The van der Waals surface area contributed by atoms with Crippen molar-refractivity contribution < 1.29 is 0 Å². The number of rotatable bonds is 3. The van der Waals surface area contributed by atoms with Crippen LogP contribution in [0.1, 0.15) is 29.1 Å². The summed E-state index contributed by atoms with van der Waals surface area (Å²) in [4.78, 5) is 5.67. The predicted molar refractivity (Wildman–Crippen MR) is 70.1 cm³/mol. The molecular formula is C13H16N2S. The number of aromatic nitrogens is 1. The van der Waals surface area contributed by atoms with Gasteiger partial charge >= 0.3 is 0 Å². The fourth-order valence-electron chi connectivity index (χ4n) is 1.70. The molecule has 2 nitrogen and oxygen atoms in total. The Hall–Kier alpha value is -1.35. The highest BCUT2D eigenvalue weighted by molar-refractivity contribution is 7.10. The molecule has 0 aliphatic heterocycles. The van der Waals surface area contributed by atoms with Crippen molar-refractivity contribution in [2.24, 2.45) is 0 Å². The van der Waals surface area contributed by atoms with E-state index in [0.29, 0.717) is 6.04 Å². The molecule has 0 amide bonds. The molecule has 84 valence electrons. The maximum absolute atomic E-state index is 4.28. The first-order valence-electron chi connectivity index (χ1n) is 5.40. The molecule has 0 saturated heterocycles. The normalized spacial score (nSPS) is 12.4. The summed E-state index contributed by atoms with van der Waals surface area (Å²) in [6, 6.07) is 6.59. The summed E-state index contributed by atoms with van der Waals surface area (Å²) in [6.07, 6.45) is 1.88. The Morgan fingerprint density at radius 3 is 2.62 bits per heavy atom. The van der Waals surface area contributed by atoms with Crippen LogP contribution in [-0.2, 0) is 0 Å². The first kappa shape index (κ1) is 11.1. The van der Waals surface area contributed by atoms with Gasteiger partial charge in [0.2, 0.25) is 0 Å². The van der Waals surface area contributed by atoms with Gasteiger partial charge in [0.25, 0.3) is 0 Å². The molecule has 1 N–H and O–H groups in total. The van der Waals surface area contributed by atoms with Crippen LogP contribution in [0, 0.1) is 13.8 Å². The molecule has 1 atom stereocenters. The Bertz CT molecular complexity index is 459. The molecule has 0 spiro atoms. The van der Waals surface area contributed by atoms with E-state index in [1.54, 1.807) is 11.3 Å². The van der Waals surface area contributed by atoms with Crippen LogP contribution in [0.15, 0.2) is 29.8 Å². The van der Waals surface area contributed by atoms with Crippen LogP contribution in [-0.4, -0.2) is 4.98 Å². The molecule has 16 heavy (non-hydrogen) atoms. The first-order valence-corrected chi connectivity index (χ1v) is 6.28. The zero-order valence-corrected chi connectivity index (χ0v) is 10.6. The van der Waals surface area contributed by atoms with Gasteiger partial charge in [-0.3, -0.25) is 4.98 Å². The van der Waals surface area contributed by atoms with Gasteiger partial charge in [-0.25, -0.2) is 0 Å². The summed E-state index contributed by atoms with van der Waals surface area (Å²) >= 11 is 1.80. The van der Waals surface area contributed by atoms with E-state index in [1.807, 2.05) is 19.2 Å². The summed E-state index contributed by atoms with van der Waals surface area (Å²) in [5, 5.41) is 5.60. The van der Waals surface area contributed by atoms with Crippen molar-refractivity contribution in [1.82, 2.24) is 4.98 Å². The van der Waals surface area contributed by atoms with Crippen molar-refractivity contribution >= 4 is 17.0 Å². The van der Waals surface area contributed by atoms with Gasteiger partial charge < -0.3 is 5.32 Å². The number of aryl methyl sites for hydroxylation is 2. The Morgan fingerprint density at radius 1 is 1.25 bits per heavy atom. The Kier molecular flexibility index (Phi) is 3.25. The summed E-state index contributed by atoms with van der Waals surface area (Å²) in [5.74, 6) is 0. The molecule has 3 heteroatoms. The van der Waals surface area contributed by atoms with E-state index in [0.717, 1.165) is 11.4 Å². The minimum atomic E-state index is 0.338. The number of hydrogen-bond acceptors (Lipinski definition) is 3. The van der Waals surface area contributed by atoms with Gasteiger partial charge in [0.15, 0.2) is 0 Å². The van der Waals surface area contributed by atoms with Crippen molar-refractivity contribution in [2.75, 3.05) is 5.32 Å². The van der Waals surface area contributed by atoms with E-state index in [9.17, 15) is 0 Å². The molecule has 0 bridgehead atoms. The van der Waals surface area contributed by atoms with Gasteiger partial charge in [0, 0.05) is 10.6 Å². The monoisotopic (exact) mass is 232 g/mol. The molecule has 0 radical (unpaired) electrons. The van der Waals surface area contributed by atoms with Crippen LogP contribution in [0.5, 0.6) is 0 Å². The van der Waals surface area contributed by atoms with Crippen molar-refractivity contribution in [1.29, 1.82) is 0 Å². The smallest absolute Gasteiger partial charge is 0.0581 e. The molecular weight excluding hydrogens is 216 g/mol. The van der Waals surface area contributed by atoms with Crippen LogP contribution >= 0.6 is 11.3 Å². The highest BCUT2D eigenvalue weighted by atomic mass is 32.1. The first-order chi connectivity index (χ1) is 7.66. The largest absolute Gasteiger partial charge is 0.376 e. The van der Waals surface area contributed by atoms with Gasteiger partial charge in [-0.1, -0.05) is 0 Å². The number of thiophene rings is 1. The zero-order valence-electron chi connectivity index (χ0n) is 9.82. The molecule has 0 fully saturated rings. The molecule has 2 rings (SSSR count). The topological polar surface area (TPSA) is 24.9 Å². The number of anilines is 1. The highest BCUT2D eigenvalue weighted by Gasteiger charge is 2.09. The van der Waals surface area contributed by atoms with Gasteiger partial charge in [-0.2, -0.15) is 0 Å². The van der Waals surface area contributed by atoms with Crippen LogP contribution in [0.3, 0.4) is 0 Å². The third-order valence-electron chi connectivity index (χ3n) is 2.59. The van der Waals surface area contributed by atoms with Crippen LogP contribution in [0.2, 0.25) is 0 Å². The fraction of sp³-hybridized carbons (Fsp3) is 0.308. The van der Waals surface area contributed by atoms with Crippen LogP contribution in [0.25, 0.3) is 0 Å². The quantitative estimate of drug-likeness (QED) is 0.867. The number of pyridine rings is 1. The second-order valence-electron chi connectivity index (χ2n) is 4.02. The Balaban J connectivity index is 2.10. The van der Waals surface area contributed by atoms with E-state index in [1.165, 1.54) is 10.4 Å². The van der Waals surface area contributed by atoms with E-state index in [4.69, 9.17) is 0 Å². The molecule has 1 unspecified atom stereocenters. The van der Waals surface area contributed by atoms with E-state index >= 15 is 0 Å². The van der Waals surface area contributed by atoms with Crippen LogP contribution < -0.4 is 5.32 Å². The van der Waals surface area contributed by atoms with Gasteiger partial charge in [-0.15, -0.1) is 11.3 Å². The Morgan fingerprint density at radius 2 is 2.06 bits per heavy atom. The van der Waals surface area contributed by atoms with Crippen LogP contribution in [0.4, 0.5) is 5.69 Å². The standard InChI is InChI=1S/C13H16N2S/c1-9-6-7-16-13(9)11(3)15-12-5-4-10(2)14-8-12/h4-8,11,15H,1-3H3. The van der Waals surface area contributed by atoms with Gasteiger partial charge in [-0.05, 0) is 49.9 Å². The highest BCUT2D eigenvalue weighted by Crippen LogP contribution is 2.26. The van der Waals surface area contributed by atoms with E-state index < -0.39 is 0 Å². The molecule has 0 aliphatic carbocycles. The number of nitrogens with one attached hydrogen (secondary N) is 1. The van der Waals surface area contributed by atoms with Crippen molar-refractivity contribution in [3.8, 4) is 0 Å². The maximum atomic E-state index is 4.28. The predicted octanol–water partition coefficient (Wildman–Crippen LogP) is 3.93. The van der Waals surface area contributed by atoms with E-state index in [-0.39, 0.29) is 0 Å². The summed E-state index contributed by atoms with van der Waals surface area (Å²) in [7, 11) is 0. The van der Waals surface area contributed by atoms with Crippen molar-refractivity contribution in [3.05, 3.63) is 45.9 Å². The summed E-state index contributed by atoms with van der Waals surface area (Å²) < 4.78 is 0. The minimum Gasteiger partial charge on any atom is -0.376 e. The van der Waals surface area contributed by atoms with Gasteiger partial charge in [0.1, 0.15) is 0 Å². The Labute approximate surface area is 100 Å². The molecule has 0 aromatic carbocycles. The lowest BCUT2D eigenvalue weighted by Crippen LogP contribution is -2.06. The molecule has 2 aromatic heterocycles. The summed E-state index contributed by atoms with van der Waals surface area (Å²) in [5.41, 5.74) is 3.47. The lowest BCUT2D eigenvalue weighted by Gasteiger charge is -2.14. The molecule has 0 aliphatic rings. The third-order valence-corrected chi connectivity index (χ3v) is 3.79. The lowest BCUT2D eigenvalue weighted by atomic mass is 10.2. The van der Waals surface area contributed by atoms with Crippen molar-refractivity contribution in [2.45, 2.75) is 26.8 Å². The third kappa shape index (κ3) is 2.42. The SMILES string of the molecule is Cc1ccc(NC(C)c2sccc2C)cn1. The maximum Gasteiger partial charge on any atom is 0.0581 e. The number of nitrogens with zero attached hydrogens (tertiary/aromatic N) is 1. The fourth-order valence-corrected chi connectivity index (χ4v) is 2.63. The second kappa shape index (κ2) is 4.66. The van der Waals surface area contributed by atoms with E-state index in [2.05, 4.69) is 41.7 Å². The average molecular weight is 232 g/mol. The molecule has 2 aromatic rings. The summed E-state index contributed by atoms with van der Waals surface area (Å²) in [6.45, 7) is 6.33. The zero-order chi connectivity index (χ0) is 11.5. The minimum absolute atomic E-state index is 0.338.